The predicted octanol–water partition coefficient (Wildman–Crippen LogP) is 2.78. The topological polar surface area (TPSA) is 71.8 Å². The van der Waals surface area contributed by atoms with Gasteiger partial charge in [0.25, 0.3) is 5.91 Å². The molecule has 1 aromatic heterocycles. The van der Waals surface area contributed by atoms with Crippen molar-refractivity contribution in [1.82, 2.24) is 10.2 Å². The molecule has 0 fully saturated rings. The molecule has 3 rings (SSSR count). The fourth-order valence-corrected chi connectivity index (χ4v) is 3.23. The van der Waals surface area contributed by atoms with E-state index < -0.39 is 6.04 Å². The van der Waals surface area contributed by atoms with E-state index in [1.165, 1.54) is 6.26 Å². The van der Waals surface area contributed by atoms with E-state index in [-0.39, 0.29) is 23.7 Å². The molecule has 0 saturated heterocycles. The number of furan rings is 1. The number of nitrogens with zero attached hydrogens (tertiary/aromatic N) is 1. The van der Waals surface area contributed by atoms with Gasteiger partial charge in [0.1, 0.15) is 6.04 Å². The van der Waals surface area contributed by atoms with Crippen LogP contribution in [0.1, 0.15) is 41.9 Å². The standard InChI is InChI=1S/C21H26N2O4/c1-15(2)26-12-6-10-22-20(24)18-13-16-7-3-4-8-17(16)14-23(18)21(25)19-9-5-11-27-19/h3-5,7-9,11,15,18H,6,10,12-14H2,1-2H3,(H,22,24)/t18-/m0/s1. The molecule has 144 valence electrons. The molecule has 6 nitrogen and oxygen atoms in total. The summed E-state index contributed by atoms with van der Waals surface area (Å²) in [5.41, 5.74) is 2.16. The quantitative estimate of drug-likeness (QED) is 0.761. The number of ether oxygens (including phenoxy) is 1. The Morgan fingerprint density at radius 1 is 1.22 bits per heavy atom. The maximum Gasteiger partial charge on any atom is 0.290 e. The van der Waals surface area contributed by atoms with Gasteiger partial charge in [0.05, 0.1) is 12.4 Å². The summed E-state index contributed by atoms with van der Waals surface area (Å²) in [5.74, 6) is -0.163. The Hall–Kier alpha value is -2.60. The molecule has 2 heterocycles. The number of amides is 2. The van der Waals surface area contributed by atoms with Crippen LogP contribution in [-0.2, 0) is 22.5 Å². The van der Waals surface area contributed by atoms with E-state index in [0.29, 0.717) is 26.1 Å². The smallest absolute Gasteiger partial charge is 0.290 e. The van der Waals surface area contributed by atoms with Crippen molar-refractivity contribution >= 4 is 11.8 Å². The van der Waals surface area contributed by atoms with Crippen LogP contribution in [0.4, 0.5) is 0 Å². The van der Waals surface area contributed by atoms with Crippen molar-refractivity contribution in [2.75, 3.05) is 13.2 Å². The molecule has 2 amide bonds. The number of benzene rings is 1. The van der Waals surface area contributed by atoms with Crippen molar-refractivity contribution in [3.63, 3.8) is 0 Å². The third-order valence-electron chi connectivity index (χ3n) is 4.62. The predicted molar refractivity (Wildman–Crippen MR) is 101 cm³/mol. The molecular weight excluding hydrogens is 344 g/mol. The van der Waals surface area contributed by atoms with Gasteiger partial charge in [-0.15, -0.1) is 0 Å². The van der Waals surface area contributed by atoms with E-state index in [0.717, 1.165) is 17.5 Å². The molecule has 2 aromatic rings. The second-order valence-corrected chi connectivity index (χ2v) is 6.96. The highest BCUT2D eigenvalue weighted by Gasteiger charge is 2.35. The molecule has 1 aliphatic heterocycles. The summed E-state index contributed by atoms with van der Waals surface area (Å²) in [5, 5.41) is 2.94. The third-order valence-corrected chi connectivity index (χ3v) is 4.62. The van der Waals surface area contributed by atoms with E-state index in [1.54, 1.807) is 17.0 Å². The summed E-state index contributed by atoms with van der Waals surface area (Å²) in [6, 6.07) is 10.7. The molecule has 0 saturated carbocycles. The summed E-state index contributed by atoms with van der Waals surface area (Å²) in [7, 11) is 0. The highest BCUT2D eigenvalue weighted by molar-refractivity contribution is 5.96. The summed E-state index contributed by atoms with van der Waals surface area (Å²) < 4.78 is 10.8. The zero-order valence-corrected chi connectivity index (χ0v) is 15.8. The van der Waals surface area contributed by atoms with Gasteiger partial charge in [0.2, 0.25) is 5.91 Å². The van der Waals surface area contributed by atoms with Crippen molar-refractivity contribution in [3.05, 3.63) is 59.5 Å². The summed E-state index contributed by atoms with van der Waals surface area (Å²) in [4.78, 5) is 27.3. The maximum absolute atomic E-state index is 12.9. The van der Waals surface area contributed by atoms with Crippen molar-refractivity contribution < 1.29 is 18.7 Å². The van der Waals surface area contributed by atoms with Gasteiger partial charge in [-0.1, -0.05) is 24.3 Å². The van der Waals surface area contributed by atoms with Gasteiger partial charge in [0, 0.05) is 26.1 Å². The van der Waals surface area contributed by atoms with Crippen LogP contribution in [0.2, 0.25) is 0 Å². The number of carbonyl (C=O) groups excluding carboxylic acids is 2. The second-order valence-electron chi connectivity index (χ2n) is 6.96. The van der Waals surface area contributed by atoms with Gasteiger partial charge in [0.15, 0.2) is 5.76 Å². The average Bonchev–Trinajstić information content (AvgIpc) is 3.20. The molecule has 6 heteroatoms. The first-order valence-corrected chi connectivity index (χ1v) is 9.37. The largest absolute Gasteiger partial charge is 0.459 e. The van der Waals surface area contributed by atoms with E-state index in [2.05, 4.69) is 5.32 Å². The highest BCUT2D eigenvalue weighted by Crippen LogP contribution is 2.25. The Morgan fingerprint density at radius 2 is 2.00 bits per heavy atom. The number of rotatable bonds is 7. The first-order valence-electron chi connectivity index (χ1n) is 9.37. The Bertz CT molecular complexity index is 770. The molecule has 27 heavy (non-hydrogen) atoms. The molecule has 1 N–H and O–H groups in total. The lowest BCUT2D eigenvalue weighted by Gasteiger charge is -2.35. The van der Waals surface area contributed by atoms with Crippen molar-refractivity contribution in [3.8, 4) is 0 Å². The number of carbonyl (C=O) groups is 2. The van der Waals surface area contributed by atoms with Gasteiger partial charge in [-0.05, 0) is 43.5 Å². The van der Waals surface area contributed by atoms with E-state index in [9.17, 15) is 9.59 Å². The highest BCUT2D eigenvalue weighted by atomic mass is 16.5. The van der Waals surface area contributed by atoms with E-state index in [1.807, 2.05) is 38.1 Å². The maximum atomic E-state index is 12.9. The third kappa shape index (κ3) is 4.77. The zero-order valence-electron chi connectivity index (χ0n) is 15.8. The Kier molecular flexibility index (Phi) is 6.29. The first kappa shape index (κ1) is 19.2. The zero-order chi connectivity index (χ0) is 19.2. The minimum atomic E-state index is -0.552. The van der Waals surface area contributed by atoms with Crippen LogP contribution >= 0.6 is 0 Å². The fraction of sp³-hybridized carbons (Fsp3) is 0.429. The summed E-state index contributed by atoms with van der Waals surface area (Å²) in [6.45, 7) is 5.48. The molecule has 1 atom stereocenters. The monoisotopic (exact) mass is 370 g/mol. The lowest BCUT2D eigenvalue weighted by Crippen LogP contribution is -2.52. The second kappa shape index (κ2) is 8.86. The van der Waals surface area contributed by atoms with E-state index in [4.69, 9.17) is 9.15 Å². The molecular formula is C21H26N2O4. The molecule has 1 aliphatic rings. The van der Waals surface area contributed by atoms with Gasteiger partial charge < -0.3 is 19.4 Å². The minimum absolute atomic E-state index is 0.144. The fourth-order valence-electron chi connectivity index (χ4n) is 3.23. The lowest BCUT2D eigenvalue weighted by molar-refractivity contribution is -0.126. The lowest BCUT2D eigenvalue weighted by atomic mass is 9.93. The number of nitrogens with one attached hydrogen (secondary N) is 1. The SMILES string of the molecule is CC(C)OCCCNC(=O)[C@@H]1Cc2ccccc2CN1C(=O)c1ccco1. The molecule has 0 aliphatic carbocycles. The van der Waals surface area contributed by atoms with Crippen LogP contribution in [0.15, 0.2) is 47.1 Å². The number of fused-ring (bicyclic) bond motifs is 1. The molecule has 0 unspecified atom stereocenters. The van der Waals surface area contributed by atoms with E-state index >= 15 is 0 Å². The summed E-state index contributed by atoms with van der Waals surface area (Å²) >= 11 is 0. The van der Waals surface area contributed by atoms with Crippen molar-refractivity contribution in [1.29, 1.82) is 0 Å². The Labute approximate surface area is 159 Å². The van der Waals surface area contributed by atoms with Crippen LogP contribution in [0.25, 0.3) is 0 Å². The minimum Gasteiger partial charge on any atom is -0.459 e. The van der Waals surface area contributed by atoms with Gasteiger partial charge in [-0.3, -0.25) is 9.59 Å². The van der Waals surface area contributed by atoms with Gasteiger partial charge in [-0.25, -0.2) is 0 Å². The Morgan fingerprint density at radius 3 is 2.70 bits per heavy atom. The molecule has 1 aromatic carbocycles. The molecule has 0 radical (unpaired) electrons. The average molecular weight is 370 g/mol. The Balaban J connectivity index is 1.69. The number of hydrogen-bond donors (Lipinski definition) is 1. The summed E-state index contributed by atoms with van der Waals surface area (Å²) in [6.07, 6.45) is 2.88. The normalized spacial score (nSPS) is 16.3. The van der Waals surface area contributed by atoms with Crippen LogP contribution in [0.5, 0.6) is 0 Å². The van der Waals surface area contributed by atoms with Gasteiger partial charge >= 0.3 is 0 Å². The van der Waals surface area contributed by atoms with Crippen molar-refractivity contribution in [2.45, 2.75) is 45.4 Å². The molecule has 0 bridgehead atoms. The first-order chi connectivity index (χ1) is 13.1. The number of hydrogen-bond acceptors (Lipinski definition) is 4. The van der Waals surface area contributed by atoms with Crippen LogP contribution in [0, 0.1) is 0 Å². The molecule has 0 spiro atoms. The van der Waals surface area contributed by atoms with Crippen LogP contribution in [0.3, 0.4) is 0 Å². The van der Waals surface area contributed by atoms with Gasteiger partial charge in [-0.2, -0.15) is 0 Å². The van der Waals surface area contributed by atoms with Crippen LogP contribution in [-0.4, -0.2) is 42.0 Å². The van der Waals surface area contributed by atoms with Crippen LogP contribution < -0.4 is 5.32 Å². The van der Waals surface area contributed by atoms with Crippen molar-refractivity contribution in [2.24, 2.45) is 0 Å².